The molecule has 1 N–H and O–H groups in total. The van der Waals surface area contributed by atoms with E-state index in [4.69, 9.17) is 11.6 Å². The van der Waals surface area contributed by atoms with Crippen LogP contribution in [0.1, 0.15) is 30.1 Å². The Morgan fingerprint density at radius 1 is 1.41 bits per heavy atom. The number of carbonyl (C=O) groups excluding carboxylic acids is 1. The second-order valence-electron chi connectivity index (χ2n) is 5.74. The van der Waals surface area contributed by atoms with E-state index in [9.17, 15) is 9.90 Å². The van der Waals surface area contributed by atoms with Crippen LogP contribution in [0.3, 0.4) is 0 Å². The number of hydrogen-bond acceptors (Lipinski definition) is 3. The minimum Gasteiger partial charge on any atom is -0.390 e. The molecule has 0 aromatic heterocycles. The van der Waals surface area contributed by atoms with Gasteiger partial charge in [0.15, 0.2) is 0 Å². The van der Waals surface area contributed by atoms with Crippen molar-refractivity contribution in [1.29, 1.82) is 0 Å². The number of hydrogen-bond donors (Lipinski definition) is 1. The zero-order chi connectivity index (χ0) is 15.4. The van der Waals surface area contributed by atoms with Gasteiger partial charge >= 0.3 is 0 Å². The van der Waals surface area contributed by atoms with E-state index in [2.05, 4.69) is 11.8 Å². The molecule has 0 saturated carbocycles. The second-order valence-corrected chi connectivity index (χ2v) is 6.17. The molecule has 124 valence electrons. The highest BCUT2D eigenvalue weighted by atomic mass is 35.5. The van der Waals surface area contributed by atoms with Gasteiger partial charge in [0, 0.05) is 43.3 Å². The van der Waals surface area contributed by atoms with Crippen molar-refractivity contribution >= 4 is 29.9 Å². The Bertz CT molecular complexity index is 476. The molecular weight excluding hydrogens is 323 g/mol. The quantitative estimate of drug-likeness (QED) is 0.861. The van der Waals surface area contributed by atoms with Gasteiger partial charge in [-0.3, -0.25) is 9.69 Å². The van der Waals surface area contributed by atoms with Gasteiger partial charge in [-0.1, -0.05) is 24.9 Å². The average molecular weight is 347 g/mol. The second kappa shape index (κ2) is 8.73. The van der Waals surface area contributed by atoms with E-state index in [0.717, 1.165) is 19.4 Å². The molecule has 1 aliphatic rings. The predicted molar refractivity (Wildman–Crippen MR) is 91.9 cm³/mol. The van der Waals surface area contributed by atoms with Crippen LogP contribution in [0.2, 0.25) is 5.02 Å². The first-order valence-corrected chi connectivity index (χ1v) is 7.82. The summed E-state index contributed by atoms with van der Waals surface area (Å²) in [5.41, 5.74) is 0.659. The molecule has 1 aliphatic heterocycles. The molecule has 1 fully saturated rings. The van der Waals surface area contributed by atoms with Crippen molar-refractivity contribution in [2.45, 2.75) is 31.9 Å². The fourth-order valence-corrected chi connectivity index (χ4v) is 2.82. The van der Waals surface area contributed by atoms with E-state index in [1.54, 1.807) is 24.3 Å². The molecule has 4 nitrogen and oxygen atoms in total. The maximum atomic E-state index is 12.5. The zero-order valence-corrected chi connectivity index (χ0v) is 14.6. The van der Waals surface area contributed by atoms with Crippen LogP contribution in [0.5, 0.6) is 0 Å². The van der Waals surface area contributed by atoms with Crippen LogP contribution in [-0.2, 0) is 0 Å². The summed E-state index contributed by atoms with van der Waals surface area (Å²) in [6, 6.07) is 7.17. The summed E-state index contributed by atoms with van der Waals surface area (Å²) in [5, 5.41) is 10.0. The van der Waals surface area contributed by atoms with Gasteiger partial charge in [-0.25, -0.2) is 0 Å². The van der Waals surface area contributed by atoms with E-state index >= 15 is 0 Å². The van der Waals surface area contributed by atoms with E-state index in [0.29, 0.717) is 23.7 Å². The average Bonchev–Trinajstić information content (AvgIpc) is 2.44. The third-order valence-corrected chi connectivity index (χ3v) is 4.24. The highest BCUT2D eigenvalue weighted by Crippen LogP contribution is 2.17. The van der Waals surface area contributed by atoms with Gasteiger partial charge < -0.3 is 10.0 Å². The number of nitrogens with zero attached hydrogens (tertiary/aromatic N) is 2. The summed E-state index contributed by atoms with van der Waals surface area (Å²) < 4.78 is 0. The van der Waals surface area contributed by atoms with Gasteiger partial charge in [0.2, 0.25) is 0 Å². The number of carbonyl (C=O) groups is 1. The molecule has 22 heavy (non-hydrogen) atoms. The summed E-state index contributed by atoms with van der Waals surface area (Å²) in [5.74, 6) is 0.0196. The number of likely N-dealkylation sites (N-methyl/N-ethyl adjacent to an activating group) is 1. The van der Waals surface area contributed by atoms with Crippen LogP contribution < -0.4 is 0 Å². The number of aliphatic hydroxyl groups is 1. The normalized spacial score (nSPS) is 16.5. The standard InChI is InChI=1S/C16H23ClN2O2.ClH/c1-3-4-14(9-19-10-15(20)11-19)18(2)16(21)12-5-7-13(17)8-6-12;/h5-8,14-15,20H,3-4,9-11H2,1-2H3;1H/t14-;/m0./s1. The largest absolute Gasteiger partial charge is 0.390 e. The lowest BCUT2D eigenvalue weighted by Crippen LogP contribution is -2.55. The molecule has 6 heteroatoms. The number of likely N-dealkylation sites (tertiary alicyclic amines) is 1. The topological polar surface area (TPSA) is 43.8 Å². The molecule has 0 aliphatic carbocycles. The maximum absolute atomic E-state index is 12.5. The minimum absolute atomic E-state index is 0. The van der Waals surface area contributed by atoms with E-state index in [1.165, 1.54) is 0 Å². The molecule has 1 saturated heterocycles. The first-order chi connectivity index (χ1) is 10.0. The van der Waals surface area contributed by atoms with Crippen molar-refractivity contribution in [1.82, 2.24) is 9.80 Å². The van der Waals surface area contributed by atoms with Crippen LogP contribution in [0, 0.1) is 0 Å². The van der Waals surface area contributed by atoms with Crippen molar-refractivity contribution in [3.8, 4) is 0 Å². The third kappa shape index (κ3) is 4.85. The number of β-amino-alcohol motifs (C(OH)–C–C–N with tert-alkyl or cyclic N) is 1. The Hall–Kier alpha value is -0.810. The Labute approximate surface area is 143 Å². The molecular formula is C16H24Cl2N2O2. The fraction of sp³-hybridized carbons (Fsp3) is 0.562. The molecule has 0 bridgehead atoms. The van der Waals surface area contributed by atoms with Gasteiger partial charge in [0.25, 0.3) is 5.91 Å². The summed E-state index contributed by atoms with van der Waals surface area (Å²) in [7, 11) is 1.85. The van der Waals surface area contributed by atoms with Gasteiger partial charge in [0.1, 0.15) is 0 Å². The van der Waals surface area contributed by atoms with Crippen molar-refractivity contribution in [2.75, 3.05) is 26.7 Å². The first kappa shape index (κ1) is 19.2. The number of benzene rings is 1. The van der Waals surface area contributed by atoms with Crippen molar-refractivity contribution in [3.63, 3.8) is 0 Å². The van der Waals surface area contributed by atoms with E-state index in [1.807, 2.05) is 11.9 Å². The number of aliphatic hydroxyl groups excluding tert-OH is 1. The SMILES string of the molecule is CCC[C@@H](CN1CC(O)C1)N(C)C(=O)c1ccc(Cl)cc1.Cl. The minimum atomic E-state index is -0.204. The van der Waals surface area contributed by atoms with Crippen LogP contribution in [0.25, 0.3) is 0 Å². The van der Waals surface area contributed by atoms with Gasteiger partial charge in [-0.15, -0.1) is 12.4 Å². The lowest BCUT2D eigenvalue weighted by Gasteiger charge is -2.40. The molecule has 2 rings (SSSR count). The monoisotopic (exact) mass is 346 g/mol. The first-order valence-electron chi connectivity index (χ1n) is 7.44. The lowest BCUT2D eigenvalue weighted by molar-refractivity contribution is -0.0113. The number of amides is 1. The van der Waals surface area contributed by atoms with Gasteiger partial charge in [-0.05, 0) is 30.7 Å². The van der Waals surface area contributed by atoms with Crippen molar-refractivity contribution in [3.05, 3.63) is 34.9 Å². The van der Waals surface area contributed by atoms with Crippen LogP contribution in [-0.4, -0.2) is 59.6 Å². The smallest absolute Gasteiger partial charge is 0.253 e. The summed E-state index contributed by atoms with van der Waals surface area (Å²) >= 11 is 5.86. The van der Waals surface area contributed by atoms with E-state index < -0.39 is 0 Å². The molecule has 1 heterocycles. The number of rotatable bonds is 6. The molecule has 0 radical (unpaired) electrons. The van der Waals surface area contributed by atoms with Crippen molar-refractivity contribution < 1.29 is 9.90 Å². The Kier molecular flexibility index (Phi) is 7.63. The molecule has 1 atom stereocenters. The molecule has 0 spiro atoms. The Balaban J connectivity index is 0.00000242. The van der Waals surface area contributed by atoms with E-state index in [-0.39, 0.29) is 30.5 Å². The zero-order valence-electron chi connectivity index (χ0n) is 13.0. The highest BCUT2D eigenvalue weighted by molar-refractivity contribution is 6.30. The summed E-state index contributed by atoms with van der Waals surface area (Å²) in [4.78, 5) is 16.5. The van der Waals surface area contributed by atoms with Crippen LogP contribution in [0.15, 0.2) is 24.3 Å². The Morgan fingerprint density at radius 3 is 2.50 bits per heavy atom. The van der Waals surface area contributed by atoms with Gasteiger partial charge in [0.05, 0.1) is 6.10 Å². The molecule has 1 amide bonds. The number of halogens is 2. The Morgan fingerprint density at radius 2 is 2.00 bits per heavy atom. The third-order valence-electron chi connectivity index (χ3n) is 3.99. The predicted octanol–water partition coefficient (Wildman–Crippen LogP) is 2.68. The van der Waals surface area contributed by atoms with Crippen LogP contribution >= 0.6 is 24.0 Å². The highest BCUT2D eigenvalue weighted by Gasteiger charge is 2.29. The molecule has 0 unspecified atom stereocenters. The van der Waals surface area contributed by atoms with Gasteiger partial charge in [-0.2, -0.15) is 0 Å². The summed E-state index contributed by atoms with van der Waals surface area (Å²) in [6.07, 6.45) is 1.78. The molecule has 1 aromatic carbocycles. The fourth-order valence-electron chi connectivity index (χ4n) is 2.69. The summed E-state index contributed by atoms with van der Waals surface area (Å²) in [6.45, 7) is 4.37. The van der Waals surface area contributed by atoms with Crippen molar-refractivity contribution in [2.24, 2.45) is 0 Å². The lowest BCUT2D eigenvalue weighted by atomic mass is 10.1. The van der Waals surface area contributed by atoms with Crippen LogP contribution in [0.4, 0.5) is 0 Å². The maximum Gasteiger partial charge on any atom is 0.253 e. The molecule has 1 aromatic rings.